The van der Waals surface area contributed by atoms with Crippen LogP contribution in [0.25, 0.3) is 0 Å². The van der Waals surface area contributed by atoms with Crippen molar-refractivity contribution in [3.8, 4) is 0 Å². The largest absolute Gasteiger partial charge is 0.446 e. The standard InChI is InChI=1S/C19H21N3O6/c1-10-12-14(23)18-13(11(2)21-28-18)15(24)17(12)27-16(10)19(25)20-4-3-5-22-6-8-26-9-7-22/h3-9H2,1-2H3,(H,20,25). The summed E-state index contributed by atoms with van der Waals surface area (Å²) in [5, 5.41) is 6.48. The third kappa shape index (κ3) is 3.06. The van der Waals surface area contributed by atoms with E-state index in [-0.39, 0.29) is 28.4 Å². The van der Waals surface area contributed by atoms with Gasteiger partial charge in [0.25, 0.3) is 5.91 Å². The summed E-state index contributed by atoms with van der Waals surface area (Å²) in [7, 11) is 0. The van der Waals surface area contributed by atoms with E-state index in [0.29, 0.717) is 17.8 Å². The number of amides is 1. The highest BCUT2D eigenvalue weighted by atomic mass is 16.5. The number of fused-ring (bicyclic) bond motifs is 2. The number of hydrogen-bond donors (Lipinski definition) is 1. The maximum absolute atomic E-state index is 12.7. The Labute approximate surface area is 161 Å². The number of ketones is 2. The molecule has 0 saturated carbocycles. The minimum absolute atomic E-state index is 0.0196. The molecule has 148 valence electrons. The second-order valence-electron chi connectivity index (χ2n) is 6.95. The zero-order chi connectivity index (χ0) is 19.8. The van der Waals surface area contributed by atoms with Crippen LogP contribution >= 0.6 is 0 Å². The van der Waals surface area contributed by atoms with E-state index in [9.17, 15) is 14.4 Å². The summed E-state index contributed by atoms with van der Waals surface area (Å²) >= 11 is 0. The Kier molecular flexibility index (Phi) is 4.86. The van der Waals surface area contributed by atoms with Gasteiger partial charge in [0.2, 0.25) is 17.3 Å². The highest BCUT2D eigenvalue weighted by molar-refractivity contribution is 6.27. The molecule has 1 aliphatic carbocycles. The SMILES string of the molecule is Cc1noc2c1C(=O)c1oc(C(=O)NCCCN3CCOCC3)c(C)c1C2=O. The summed E-state index contributed by atoms with van der Waals surface area (Å²) in [6.07, 6.45) is 0.780. The fourth-order valence-corrected chi connectivity index (χ4v) is 3.59. The Morgan fingerprint density at radius 1 is 1.11 bits per heavy atom. The fraction of sp³-hybridized carbons (Fsp3) is 0.474. The highest BCUT2D eigenvalue weighted by Crippen LogP contribution is 2.34. The number of aryl methyl sites for hydroxylation is 1. The van der Waals surface area contributed by atoms with Gasteiger partial charge in [-0.15, -0.1) is 0 Å². The van der Waals surface area contributed by atoms with Crippen molar-refractivity contribution < 1.29 is 28.1 Å². The number of nitrogens with zero attached hydrogens (tertiary/aromatic N) is 2. The molecule has 9 nitrogen and oxygen atoms in total. The Bertz CT molecular complexity index is 949. The van der Waals surface area contributed by atoms with E-state index in [1.165, 1.54) is 0 Å². The maximum atomic E-state index is 12.7. The number of hydrogen-bond acceptors (Lipinski definition) is 8. The molecule has 0 spiro atoms. The summed E-state index contributed by atoms with van der Waals surface area (Å²) in [5.41, 5.74) is 0.830. The van der Waals surface area contributed by atoms with Crippen LogP contribution < -0.4 is 5.32 Å². The third-order valence-corrected chi connectivity index (χ3v) is 5.12. The molecule has 2 aromatic heterocycles. The van der Waals surface area contributed by atoms with Gasteiger partial charge in [-0.2, -0.15) is 0 Å². The van der Waals surface area contributed by atoms with Crippen molar-refractivity contribution in [1.82, 2.24) is 15.4 Å². The second-order valence-corrected chi connectivity index (χ2v) is 6.95. The van der Waals surface area contributed by atoms with Gasteiger partial charge in [-0.3, -0.25) is 19.3 Å². The van der Waals surface area contributed by atoms with Crippen LogP contribution in [0.1, 0.15) is 60.5 Å². The van der Waals surface area contributed by atoms with Gasteiger partial charge in [0.1, 0.15) is 5.56 Å². The lowest BCUT2D eigenvalue weighted by molar-refractivity contribution is 0.0374. The van der Waals surface area contributed by atoms with E-state index >= 15 is 0 Å². The van der Waals surface area contributed by atoms with Crippen molar-refractivity contribution in [3.05, 3.63) is 39.7 Å². The lowest BCUT2D eigenvalue weighted by Crippen LogP contribution is -2.38. The molecule has 4 rings (SSSR count). The summed E-state index contributed by atoms with van der Waals surface area (Å²) in [4.78, 5) is 40.1. The van der Waals surface area contributed by atoms with Gasteiger partial charge in [0.15, 0.2) is 11.5 Å². The molecule has 1 amide bonds. The quantitative estimate of drug-likeness (QED) is 0.648. The monoisotopic (exact) mass is 387 g/mol. The molecule has 1 saturated heterocycles. The van der Waals surface area contributed by atoms with Gasteiger partial charge in [0.05, 0.1) is 24.5 Å². The molecule has 28 heavy (non-hydrogen) atoms. The van der Waals surface area contributed by atoms with E-state index in [1.54, 1.807) is 13.8 Å². The van der Waals surface area contributed by atoms with E-state index in [1.807, 2.05) is 0 Å². The molecule has 1 aliphatic heterocycles. The number of carbonyl (C=O) groups is 3. The molecule has 2 aliphatic rings. The van der Waals surface area contributed by atoms with Crippen molar-refractivity contribution >= 4 is 17.5 Å². The minimum atomic E-state index is -0.488. The summed E-state index contributed by atoms with van der Waals surface area (Å²) < 4.78 is 15.9. The second kappa shape index (κ2) is 7.33. The molecule has 1 fully saturated rings. The molecule has 0 atom stereocenters. The van der Waals surface area contributed by atoms with Crippen LogP contribution in [-0.4, -0.2) is 66.9 Å². The zero-order valence-corrected chi connectivity index (χ0v) is 15.8. The number of ether oxygens (including phenoxy) is 1. The number of furan rings is 1. The van der Waals surface area contributed by atoms with Gasteiger partial charge in [-0.1, -0.05) is 5.16 Å². The first-order valence-electron chi connectivity index (χ1n) is 9.26. The zero-order valence-electron chi connectivity index (χ0n) is 15.8. The molecule has 0 bridgehead atoms. The van der Waals surface area contributed by atoms with Crippen molar-refractivity contribution in [3.63, 3.8) is 0 Å². The lowest BCUT2D eigenvalue weighted by atomic mass is 9.90. The Balaban J connectivity index is 1.45. The van der Waals surface area contributed by atoms with Crippen molar-refractivity contribution in [1.29, 1.82) is 0 Å². The fourth-order valence-electron chi connectivity index (χ4n) is 3.59. The van der Waals surface area contributed by atoms with E-state index in [0.717, 1.165) is 39.3 Å². The number of nitrogens with one attached hydrogen (secondary N) is 1. The molecule has 0 unspecified atom stereocenters. The van der Waals surface area contributed by atoms with E-state index < -0.39 is 17.5 Å². The van der Waals surface area contributed by atoms with Crippen LogP contribution in [0.3, 0.4) is 0 Å². The van der Waals surface area contributed by atoms with Crippen LogP contribution in [0.4, 0.5) is 0 Å². The van der Waals surface area contributed by atoms with Crippen molar-refractivity contribution in [2.24, 2.45) is 0 Å². The van der Waals surface area contributed by atoms with Gasteiger partial charge in [0, 0.05) is 25.2 Å². The van der Waals surface area contributed by atoms with Gasteiger partial charge < -0.3 is 19.0 Å². The first kappa shape index (κ1) is 18.6. The number of aromatic nitrogens is 1. The normalized spacial score (nSPS) is 16.8. The van der Waals surface area contributed by atoms with Crippen molar-refractivity contribution in [2.45, 2.75) is 20.3 Å². The van der Waals surface area contributed by atoms with Crippen LogP contribution in [0, 0.1) is 13.8 Å². The number of rotatable bonds is 5. The molecular weight excluding hydrogens is 366 g/mol. The minimum Gasteiger partial charge on any atom is -0.446 e. The maximum Gasteiger partial charge on any atom is 0.287 e. The molecule has 0 aromatic carbocycles. The Morgan fingerprint density at radius 3 is 2.57 bits per heavy atom. The first-order valence-corrected chi connectivity index (χ1v) is 9.26. The Morgan fingerprint density at radius 2 is 1.82 bits per heavy atom. The van der Waals surface area contributed by atoms with E-state index in [2.05, 4.69) is 15.4 Å². The highest BCUT2D eigenvalue weighted by Gasteiger charge is 2.41. The van der Waals surface area contributed by atoms with Crippen LogP contribution in [0.5, 0.6) is 0 Å². The molecule has 9 heteroatoms. The number of carbonyl (C=O) groups excluding carboxylic acids is 3. The molecule has 3 heterocycles. The Hall–Kier alpha value is -2.78. The van der Waals surface area contributed by atoms with Crippen molar-refractivity contribution in [2.75, 3.05) is 39.4 Å². The average molecular weight is 387 g/mol. The summed E-state index contributed by atoms with van der Waals surface area (Å²) in [6.45, 7) is 7.75. The van der Waals surface area contributed by atoms with Gasteiger partial charge in [-0.05, 0) is 26.8 Å². The molecule has 0 radical (unpaired) electrons. The van der Waals surface area contributed by atoms with Crippen LogP contribution in [0.15, 0.2) is 8.94 Å². The predicted molar refractivity (Wildman–Crippen MR) is 95.8 cm³/mol. The molecule has 1 N–H and O–H groups in total. The molecular formula is C19H21N3O6. The van der Waals surface area contributed by atoms with Crippen LogP contribution in [0.2, 0.25) is 0 Å². The number of morpholine rings is 1. The predicted octanol–water partition coefficient (Wildman–Crippen LogP) is 1.11. The first-order chi connectivity index (χ1) is 13.5. The van der Waals surface area contributed by atoms with Crippen LogP contribution in [-0.2, 0) is 4.74 Å². The summed E-state index contributed by atoms with van der Waals surface area (Å²) in [6, 6.07) is 0. The smallest absolute Gasteiger partial charge is 0.287 e. The average Bonchev–Trinajstić information content (AvgIpc) is 3.25. The van der Waals surface area contributed by atoms with Gasteiger partial charge >= 0.3 is 0 Å². The van der Waals surface area contributed by atoms with Gasteiger partial charge in [-0.25, -0.2) is 0 Å². The lowest BCUT2D eigenvalue weighted by Gasteiger charge is -2.26. The van der Waals surface area contributed by atoms with E-state index in [4.69, 9.17) is 13.7 Å². The molecule has 2 aromatic rings. The summed E-state index contributed by atoms with van der Waals surface area (Å²) in [5.74, 6) is -1.67. The third-order valence-electron chi connectivity index (χ3n) is 5.12. The topological polar surface area (TPSA) is 115 Å².